The number of aliphatic hydroxyl groups excluding tert-OH is 4. The van der Waals surface area contributed by atoms with Gasteiger partial charge in [0.05, 0.1) is 19.8 Å². The van der Waals surface area contributed by atoms with E-state index in [1.165, 1.54) is 122 Å². The monoisotopic (exact) mass is 915 g/mol. The average Bonchev–Trinajstić information content (AvgIpc) is 3.31. The average molecular weight is 915 g/mol. The molecule has 1 saturated heterocycles. The third-order valence-corrected chi connectivity index (χ3v) is 11.9. The number of hydrogen-bond acceptors (Lipinski definition) is 9. The molecule has 0 amide bonds. The van der Waals surface area contributed by atoms with E-state index in [4.69, 9.17) is 18.9 Å². The summed E-state index contributed by atoms with van der Waals surface area (Å²) >= 11 is 0. The molecule has 0 aliphatic carbocycles. The molecule has 0 radical (unpaired) electrons. The van der Waals surface area contributed by atoms with E-state index in [1.54, 1.807) is 0 Å². The Morgan fingerprint density at radius 1 is 0.508 bits per heavy atom. The molecule has 0 bridgehead atoms. The highest BCUT2D eigenvalue weighted by Gasteiger charge is 2.44. The number of carbonyl (C=O) groups excluding carboxylic acids is 1. The molecule has 6 atom stereocenters. The van der Waals surface area contributed by atoms with Gasteiger partial charge in [0.25, 0.3) is 0 Å². The van der Waals surface area contributed by atoms with Gasteiger partial charge in [0.2, 0.25) is 0 Å². The summed E-state index contributed by atoms with van der Waals surface area (Å²) < 4.78 is 22.9. The topological polar surface area (TPSA) is 135 Å². The fourth-order valence-electron chi connectivity index (χ4n) is 7.75. The second-order valence-electron chi connectivity index (χ2n) is 17.9. The Labute approximate surface area is 397 Å². The zero-order valence-electron chi connectivity index (χ0n) is 41.5. The first-order chi connectivity index (χ1) is 31.9. The van der Waals surface area contributed by atoms with Crippen LogP contribution in [0.1, 0.15) is 213 Å². The second kappa shape index (κ2) is 46.7. The maximum absolute atomic E-state index is 12.9. The van der Waals surface area contributed by atoms with Crippen molar-refractivity contribution in [3.05, 3.63) is 72.9 Å². The van der Waals surface area contributed by atoms with Crippen LogP contribution in [0, 0.1) is 0 Å². The van der Waals surface area contributed by atoms with Crippen LogP contribution in [-0.2, 0) is 23.7 Å². The number of aliphatic hydroxyl groups is 4. The Bertz CT molecular complexity index is 1220. The van der Waals surface area contributed by atoms with Gasteiger partial charge >= 0.3 is 5.97 Å². The number of carbonyl (C=O) groups is 1. The normalized spacial score (nSPS) is 20.0. The highest BCUT2D eigenvalue weighted by atomic mass is 16.7. The SMILES string of the molecule is CC/C=C\C/C=C\C/C=C\C/C=C\CCCCCCCCCCCCC(=O)OC(COCCCCCCCCCC/C=C\C/C=C\CCCCCC)COC1OC(CO)C(O)C(O)C1O. The van der Waals surface area contributed by atoms with Crippen molar-refractivity contribution in [3.8, 4) is 0 Å². The molecular formula is C56H98O9. The summed E-state index contributed by atoms with van der Waals surface area (Å²) in [7, 11) is 0. The molecule has 0 aromatic carbocycles. The van der Waals surface area contributed by atoms with Gasteiger partial charge in [0.1, 0.15) is 30.5 Å². The quantitative estimate of drug-likeness (QED) is 0.0267. The molecule has 0 saturated carbocycles. The Kier molecular flexibility index (Phi) is 43.6. The van der Waals surface area contributed by atoms with Gasteiger partial charge in [-0.1, -0.05) is 196 Å². The first-order valence-corrected chi connectivity index (χ1v) is 26.5. The highest BCUT2D eigenvalue weighted by molar-refractivity contribution is 5.69. The van der Waals surface area contributed by atoms with E-state index in [1.807, 2.05) is 0 Å². The van der Waals surface area contributed by atoms with Crippen LogP contribution in [-0.4, -0.2) is 89.6 Å². The second-order valence-corrected chi connectivity index (χ2v) is 17.9. The predicted octanol–water partition coefficient (Wildman–Crippen LogP) is 13.2. The first kappa shape index (κ1) is 60.6. The van der Waals surface area contributed by atoms with Crippen molar-refractivity contribution >= 4 is 5.97 Å². The number of esters is 1. The standard InChI is InChI=1S/C56H98O9/c1-3-5-7-9-11-13-15-17-19-21-23-24-25-26-27-29-31-33-35-37-39-41-43-45-52(58)64-50(49-63-56-55(61)54(60)53(59)51(47-57)65-56)48-62-46-44-42-40-38-36-34-32-30-28-22-20-18-16-14-12-10-8-6-4-2/h5,7,11,13-14,16-17,19-20,22-24,50-51,53-57,59-61H,3-4,6,8-10,12,15,18,21,25-49H2,1-2H3/b7-5-,13-11-,16-14-,19-17-,22-20-,24-23-. The molecule has 376 valence electrons. The van der Waals surface area contributed by atoms with E-state index in [0.29, 0.717) is 13.0 Å². The molecule has 1 heterocycles. The number of allylic oxidation sites excluding steroid dienone is 12. The molecule has 6 unspecified atom stereocenters. The van der Waals surface area contributed by atoms with E-state index in [9.17, 15) is 25.2 Å². The van der Waals surface area contributed by atoms with E-state index >= 15 is 0 Å². The Morgan fingerprint density at radius 3 is 1.42 bits per heavy atom. The fourth-order valence-corrected chi connectivity index (χ4v) is 7.75. The van der Waals surface area contributed by atoms with Crippen molar-refractivity contribution in [2.24, 2.45) is 0 Å². The van der Waals surface area contributed by atoms with Crippen LogP contribution in [0.4, 0.5) is 0 Å². The summed E-state index contributed by atoms with van der Waals surface area (Å²) in [5.74, 6) is -0.321. The molecule has 4 N–H and O–H groups in total. The molecule has 0 aromatic heterocycles. The lowest BCUT2D eigenvalue weighted by Gasteiger charge is -2.39. The van der Waals surface area contributed by atoms with Gasteiger partial charge < -0.3 is 39.4 Å². The minimum atomic E-state index is -1.54. The summed E-state index contributed by atoms with van der Waals surface area (Å²) in [6.45, 7) is 4.42. The molecule has 9 heteroatoms. The number of ether oxygens (including phenoxy) is 4. The van der Waals surface area contributed by atoms with Crippen LogP contribution < -0.4 is 0 Å². The predicted molar refractivity (Wildman–Crippen MR) is 270 cm³/mol. The van der Waals surface area contributed by atoms with Gasteiger partial charge in [-0.15, -0.1) is 0 Å². The maximum Gasteiger partial charge on any atom is 0.306 e. The fraction of sp³-hybridized carbons (Fsp3) is 0.768. The lowest BCUT2D eigenvalue weighted by Crippen LogP contribution is -2.59. The molecule has 1 fully saturated rings. The minimum absolute atomic E-state index is 0.120. The highest BCUT2D eigenvalue weighted by Crippen LogP contribution is 2.23. The van der Waals surface area contributed by atoms with Crippen molar-refractivity contribution in [1.82, 2.24) is 0 Å². The molecule has 1 aliphatic heterocycles. The molecule has 1 aliphatic rings. The zero-order valence-corrected chi connectivity index (χ0v) is 41.5. The van der Waals surface area contributed by atoms with Gasteiger partial charge in [-0.25, -0.2) is 0 Å². The number of unbranched alkanes of at least 4 members (excludes halogenated alkanes) is 22. The van der Waals surface area contributed by atoms with Gasteiger partial charge in [-0.05, 0) is 83.5 Å². The van der Waals surface area contributed by atoms with E-state index < -0.39 is 43.4 Å². The molecule has 0 aromatic rings. The summed E-state index contributed by atoms with van der Waals surface area (Å²) in [4.78, 5) is 12.9. The van der Waals surface area contributed by atoms with E-state index in [0.717, 1.165) is 70.6 Å². The lowest BCUT2D eigenvalue weighted by atomic mass is 9.99. The Morgan fingerprint density at radius 2 is 0.938 bits per heavy atom. The van der Waals surface area contributed by atoms with Gasteiger partial charge in [0, 0.05) is 13.0 Å². The minimum Gasteiger partial charge on any atom is -0.457 e. The van der Waals surface area contributed by atoms with Gasteiger partial charge in [-0.3, -0.25) is 4.79 Å². The summed E-state index contributed by atoms with van der Waals surface area (Å²) in [5.41, 5.74) is 0. The summed E-state index contributed by atoms with van der Waals surface area (Å²) in [6, 6.07) is 0. The van der Waals surface area contributed by atoms with E-state index in [2.05, 4.69) is 86.8 Å². The van der Waals surface area contributed by atoms with Crippen molar-refractivity contribution in [2.45, 2.75) is 250 Å². The Hall–Kier alpha value is -2.37. The largest absolute Gasteiger partial charge is 0.457 e. The first-order valence-electron chi connectivity index (χ1n) is 26.5. The van der Waals surface area contributed by atoms with Gasteiger partial charge in [-0.2, -0.15) is 0 Å². The van der Waals surface area contributed by atoms with E-state index in [-0.39, 0.29) is 19.2 Å². The third-order valence-electron chi connectivity index (χ3n) is 11.9. The molecular weight excluding hydrogens is 817 g/mol. The molecule has 0 spiro atoms. The van der Waals surface area contributed by atoms with Crippen molar-refractivity contribution in [2.75, 3.05) is 26.4 Å². The van der Waals surface area contributed by atoms with Crippen LogP contribution in [0.15, 0.2) is 72.9 Å². The van der Waals surface area contributed by atoms with Crippen LogP contribution in [0.3, 0.4) is 0 Å². The van der Waals surface area contributed by atoms with Crippen molar-refractivity contribution < 1.29 is 44.2 Å². The third kappa shape index (κ3) is 37.3. The molecule has 1 rings (SSSR count). The van der Waals surface area contributed by atoms with Crippen LogP contribution in [0.5, 0.6) is 0 Å². The molecule has 9 nitrogen and oxygen atoms in total. The molecule has 65 heavy (non-hydrogen) atoms. The number of rotatable bonds is 45. The lowest BCUT2D eigenvalue weighted by molar-refractivity contribution is -0.305. The number of hydrogen-bond donors (Lipinski definition) is 4. The van der Waals surface area contributed by atoms with Crippen molar-refractivity contribution in [1.29, 1.82) is 0 Å². The zero-order chi connectivity index (χ0) is 47.1. The van der Waals surface area contributed by atoms with Crippen LogP contribution >= 0.6 is 0 Å². The van der Waals surface area contributed by atoms with Crippen molar-refractivity contribution in [3.63, 3.8) is 0 Å². The van der Waals surface area contributed by atoms with Crippen LogP contribution in [0.2, 0.25) is 0 Å². The Balaban J connectivity index is 2.20. The van der Waals surface area contributed by atoms with Crippen LogP contribution in [0.25, 0.3) is 0 Å². The summed E-state index contributed by atoms with van der Waals surface area (Å²) in [6.07, 6.45) is 55.0. The van der Waals surface area contributed by atoms with Gasteiger partial charge in [0.15, 0.2) is 6.29 Å². The smallest absolute Gasteiger partial charge is 0.306 e. The maximum atomic E-state index is 12.9. The summed E-state index contributed by atoms with van der Waals surface area (Å²) in [5, 5.41) is 40.3.